The number of sulfonamides is 1. The molecule has 2 rings (SSSR count). The standard InChI is InChI=1S/C13H19N3O4S/c1-10-3-4-11(14)9-12(10)21(18,19)16-7-5-15(6-8-16)13(17)20-2/h3-4,9H,5-8,14H2,1-2H3. The van der Waals surface area contributed by atoms with E-state index in [1.807, 2.05) is 0 Å². The minimum atomic E-state index is -3.60. The second-order valence-corrected chi connectivity index (χ2v) is 6.79. The molecule has 0 aliphatic carbocycles. The molecule has 1 saturated heterocycles. The number of nitrogens with zero attached hydrogens (tertiary/aromatic N) is 2. The van der Waals surface area contributed by atoms with Gasteiger partial charge in [-0.05, 0) is 24.6 Å². The molecule has 0 radical (unpaired) electrons. The number of piperazine rings is 1. The number of rotatable bonds is 2. The Kier molecular flexibility index (Phi) is 4.38. The Hall–Kier alpha value is -1.80. The van der Waals surface area contributed by atoms with E-state index < -0.39 is 16.1 Å². The quantitative estimate of drug-likeness (QED) is 0.809. The van der Waals surface area contributed by atoms with Crippen LogP contribution in [-0.2, 0) is 14.8 Å². The highest BCUT2D eigenvalue weighted by Gasteiger charge is 2.31. The molecular formula is C13H19N3O4S. The molecule has 0 spiro atoms. The first-order valence-electron chi connectivity index (χ1n) is 6.55. The minimum absolute atomic E-state index is 0.217. The Morgan fingerprint density at radius 1 is 1.24 bits per heavy atom. The molecule has 1 aliphatic heterocycles. The lowest BCUT2D eigenvalue weighted by atomic mass is 10.2. The second kappa shape index (κ2) is 5.90. The number of hydrogen-bond donors (Lipinski definition) is 1. The Labute approximate surface area is 124 Å². The molecule has 1 aromatic rings. The molecule has 1 fully saturated rings. The van der Waals surface area contributed by atoms with E-state index in [0.29, 0.717) is 24.3 Å². The molecule has 0 bridgehead atoms. The van der Waals surface area contributed by atoms with Gasteiger partial charge in [-0.2, -0.15) is 4.31 Å². The molecular weight excluding hydrogens is 294 g/mol. The first kappa shape index (κ1) is 15.6. The third kappa shape index (κ3) is 3.11. The van der Waals surface area contributed by atoms with Gasteiger partial charge < -0.3 is 15.4 Å². The van der Waals surface area contributed by atoms with Crippen LogP contribution in [0.2, 0.25) is 0 Å². The summed E-state index contributed by atoms with van der Waals surface area (Å²) in [5.74, 6) is 0. The van der Waals surface area contributed by atoms with Crippen molar-refractivity contribution < 1.29 is 17.9 Å². The summed E-state index contributed by atoms with van der Waals surface area (Å²) in [7, 11) is -2.29. The van der Waals surface area contributed by atoms with Gasteiger partial charge in [-0.3, -0.25) is 0 Å². The lowest BCUT2D eigenvalue weighted by Gasteiger charge is -2.33. The van der Waals surface area contributed by atoms with Gasteiger partial charge in [-0.25, -0.2) is 13.2 Å². The molecule has 2 N–H and O–H groups in total. The number of carbonyl (C=O) groups excluding carboxylic acids is 1. The van der Waals surface area contributed by atoms with Crippen LogP contribution in [0.4, 0.5) is 10.5 Å². The van der Waals surface area contributed by atoms with Crippen molar-refractivity contribution in [3.63, 3.8) is 0 Å². The number of amides is 1. The Morgan fingerprint density at radius 3 is 2.43 bits per heavy atom. The summed E-state index contributed by atoms with van der Waals surface area (Å²) in [5.41, 5.74) is 6.74. The highest BCUT2D eigenvalue weighted by atomic mass is 32.2. The molecule has 0 atom stereocenters. The zero-order valence-corrected chi connectivity index (χ0v) is 12.9. The van der Waals surface area contributed by atoms with E-state index >= 15 is 0 Å². The van der Waals surface area contributed by atoms with Gasteiger partial charge in [0.05, 0.1) is 12.0 Å². The number of nitrogen functional groups attached to an aromatic ring is 1. The molecule has 0 unspecified atom stereocenters. The van der Waals surface area contributed by atoms with Gasteiger partial charge in [0.25, 0.3) is 0 Å². The van der Waals surface area contributed by atoms with Crippen molar-refractivity contribution in [1.82, 2.24) is 9.21 Å². The van der Waals surface area contributed by atoms with Crippen molar-refractivity contribution >= 4 is 21.8 Å². The zero-order valence-electron chi connectivity index (χ0n) is 12.1. The fraction of sp³-hybridized carbons (Fsp3) is 0.462. The lowest BCUT2D eigenvalue weighted by molar-refractivity contribution is 0.108. The first-order chi connectivity index (χ1) is 9.86. The summed E-state index contributed by atoms with van der Waals surface area (Å²) in [4.78, 5) is 13.1. The monoisotopic (exact) mass is 313 g/mol. The number of methoxy groups -OCH3 is 1. The van der Waals surface area contributed by atoms with Gasteiger partial charge in [0.1, 0.15) is 0 Å². The summed E-state index contributed by atoms with van der Waals surface area (Å²) in [6.07, 6.45) is -0.438. The van der Waals surface area contributed by atoms with E-state index in [2.05, 4.69) is 4.74 Å². The van der Waals surface area contributed by atoms with Gasteiger partial charge in [0, 0.05) is 31.9 Å². The zero-order chi connectivity index (χ0) is 15.6. The van der Waals surface area contributed by atoms with E-state index in [1.54, 1.807) is 19.1 Å². The number of hydrogen-bond acceptors (Lipinski definition) is 5. The maximum absolute atomic E-state index is 12.6. The molecule has 1 aliphatic rings. The van der Waals surface area contributed by atoms with Crippen LogP contribution in [-0.4, -0.2) is 57.0 Å². The summed E-state index contributed by atoms with van der Waals surface area (Å²) >= 11 is 0. The Morgan fingerprint density at radius 2 is 1.86 bits per heavy atom. The summed E-state index contributed by atoms with van der Waals surface area (Å²) < 4.78 is 31.3. The predicted molar refractivity (Wildman–Crippen MR) is 78.3 cm³/mol. The number of anilines is 1. The van der Waals surface area contributed by atoms with Crippen molar-refractivity contribution in [2.75, 3.05) is 39.0 Å². The molecule has 7 nitrogen and oxygen atoms in total. The van der Waals surface area contributed by atoms with Crippen LogP contribution >= 0.6 is 0 Å². The number of nitrogens with two attached hydrogens (primary N) is 1. The maximum Gasteiger partial charge on any atom is 0.409 e. The highest BCUT2D eigenvalue weighted by Crippen LogP contribution is 2.23. The van der Waals surface area contributed by atoms with Crippen LogP contribution in [0.25, 0.3) is 0 Å². The van der Waals surface area contributed by atoms with Crippen LogP contribution in [0.3, 0.4) is 0 Å². The normalized spacial score (nSPS) is 16.8. The Bertz CT molecular complexity index is 637. The summed E-state index contributed by atoms with van der Waals surface area (Å²) in [6, 6.07) is 4.83. The largest absolute Gasteiger partial charge is 0.453 e. The molecule has 0 saturated carbocycles. The van der Waals surface area contributed by atoms with E-state index in [4.69, 9.17) is 5.73 Å². The van der Waals surface area contributed by atoms with Crippen LogP contribution in [0.5, 0.6) is 0 Å². The van der Waals surface area contributed by atoms with Gasteiger partial charge >= 0.3 is 6.09 Å². The summed E-state index contributed by atoms with van der Waals surface area (Å²) in [5, 5.41) is 0. The third-order valence-electron chi connectivity index (χ3n) is 3.50. The van der Waals surface area contributed by atoms with Crippen molar-refractivity contribution in [2.45, 2.75) is 11.8 Å². The fourth-order valence-corrected chi connectivity index (χ4v) is 3.96. The second-order valence-electron chi connectivity index (χ2n) is 4.89. The Balaban J connectivity index is 2.19. The molecule has 8 heteroatoms. The van der Waals surface area contributed by atoms with Crippen molar-refractivity contribution in [1.29, 1.82) is 0 Å². The number of ether oxygens (including phenoxy) is 1. The number of carbonyl (C=O) groups is 1. The van der Waals surface area contributed by atoms with E-state index in [1.165, 1.54) is 22.4 Å². The maximum atomic E-state index is 12.6. The lowest BCUT2D eigenvalue weighted by Crippen LogP contribution is -2.50. The average Bonchev–Trinajstić information content (AvgIpc) is 2.49. The smallest absolute Gasteiger partial charge is 0.409 e. The van der Waals surface area contributed by atoms with Crippen molar-refractivity contribution in [3.05, 3.63) is 23.8 Å². The van der Waals surface area contributed by atoms with Crippen LogP contribution in [0.15, 0.2) is 23.1 Å². The highest BCUT2D eigenvalue weighted by molar-refractivity contribution is 7.89. The molecule has 1 amide bonds. The summed E-state index contributed by atoms with van der Waals surface area (Å²) in [6.45, 7) is 2.84. The molecule has 0 aromatic heterocycles. The average molecular weight is 313 g/mol. The number of benzene rings is 1. The predicted octanol–water partition coefficient (Wildman–Crippen LogP) is 0.650. The van der Waals surface area contributed by atoms with E-state index in [9.17, 15) is 13.2 Å². The van der Waals surface area contributed by atoms with Gasteiger partial charge in [-0.15, -0.1) is 0 Å². The van der Waals surface area contributed by atoms with Crippen LogP contribution in [0.1, 0.15) is 5.56 Å². The molecule has 1 aromatic carbocycles. The van der Waals surface area contributed by atoms with E-state index in [0.717, 1.165) is 0 Å². The minimum Gasteiger partial charge on any atom is -0.453 e. The van der Waals surface area contributed by atoms with E-state index in [-0.39, 0.29) is 18.0 Å². The van der Waals surface area contributed by atoms with Gasteiger partial charge in [0.15, 0.2) is 0 Å². The van der Waals surface area contributed by atoms with Gasteiger partial charge in [0.2, 0.25) is 10.0 Å². The molecule has 1 heterocycles. The molecule has 21 heavy (non-hydrogen) atoms. The third-order valence-corrected chi connectivity index (χ3v) is 5.54. The SMILES string of the molecule is COC(=O)N1CCN(S(=O)(=O)c2cc(N)ccc2C)CC1. The number of aryl methyl sites for hydroxylation is 1. The van der Waals surface area contributed by atoms with Crippen molar-refractivity contribution in [3.8, 4) is 0 Å². The molecule has 116 valence electrons. The topological polar surface area (TPSA) is 92.9 Å². The fourth-order valence-electron chi connectivity index (χ4n) is 2.27. The van der Waals surface area contributed by atoms with Crippen LogP contribution in [0, 0.1) is 6.92 Å². The first-order valence-corrected chi connectivity index (χ1v) is 7.99. The van der Waals surface area contributed by atoms with Gasteiger partial charge in [-0.1, -0.05) is 6.07 Å². The van der Waals surface area contributed by atoms with Crippen LogP contribution < -0.4 is 5.73 Å². The van der Waals surface area contributed by atoms with Crippen molar-refractivity contribution in [2.24, 2.45) is 0 Å².